The predicted octanol–water partition coefficient (Wildman–Crippen LogP) is 4.43. The van der Waals surface area contributed by atoms with Crippen molar-refractivity contribution in [1.29, 1.82) is 0 Å². The smallest absolute Gasteiger partial charge is 0.0496 e. The van der Waals surface area contributed by atoms with Crippen LogP contribution in [0.2, 0.25) is 0 Å². The van der Waals surface area contributed by atoms with Gasteiger partial charge in [0.15, 0.2) is 0 Å². The summed E-state index contributed by atoms with van der Waals surface area (Å²) in [5.74, 6) is 0. The van der Waals surface area contributed by atoms with E-state index in [0.29, 0.717) is 6.04 Å². The lowest BCUT2D eigenvalue weighted by Crippen LogP contribution is -2.08. The van der Waals surface area contributed by atoms with E-state index >= 15 is 0 Å². The number of nitrogen functional groups attached to an aromatic ring is 1. The zero-order valence-corrected chi connectivity index (χ0v) is 12.2. The second-order valence-electron chi connectivity index (χ2n) is 4.81. The van der Waals surface area contributed by atoms with E-state index < -0.39 is 0 Å². The molecule has 1 unspecified atom stereocenters. The Labute approximate surface area is 113 Å². The van der Waals surface area contributed by atoms with E-state index in [2.05, 4.69) is 45.1 Å². The lowest BCUT2D eigenvalue weighted by molar-refractivity contribution is 0.879. The number of nitrogens with one attached hydrogen (secondary N) is 1. The molecule has 1 heterocycles. The Morgan fingerprint density at radius 2 is 1.89 bits per heavy atom. The van der Waals surface area contributed by atoms with E-state index in [9.17, 15) is 0 Å². The van der Waals surface area contributed by atoms with Crippen molar-refractivity contribution < 1.29 is 0 Å². The Morgan fingerprint density at radius 3 is 2.44 bits per heavy atom. The van der Waals surface area contributed by atoms with Gasteiger partial charge in [-0.05, 0) is 63.1 Å². The van der Waals surface area contributed by atoms with Crippen molar-refractivity contribution in [3.63, 3.8) is 0 Å². The number of anilines is 2. The van der Waals surface area contributed by atoms with Crippen LogP contribution in [0.1, 0.15) is 33.8 Å². The van der Waals surface area contributed by atoms with Crippen LogP contribution >= 0.6 is 11.3 Å². The molecular formula is C15H20N2S. The van der Waals surface area contributed by atoms with Gasteiger partial charge in [-0.15, -0.1) is 11.3 Å². The molecule has 0 saturated carbocycles. The number of nitrogens with two attached hydrogens (primary N) is 1. The Kier molecular flexibility index (Phi) is 3.62. The molecule has 0 bridgehead atoms. The summed E-state index contributed by atoms with van der Waals surface area (Å²) in [5.41, 5.74) is 10.3. The SMILES string of the molecule is Cc1cc(C(C)Nc2ccc(N)cc2C)c(C)s1. The number of hydrogen-bond donors (Lipinski definition) is 2. The van der Waals surface area contributed by atoms with Gasteiger partial charge in [0.1, 0.15) is 0 Å². The second kappa shape index (κ2) is 5.02. The highest BCUT2D eigenvalue weighted by Gasteiger charge is 2.11. The number of benzene rings is 1. The Bertz CT molecular complexity index is 558. The normalized spacial score (nSPS) is 12.4. The highest BCUT2D eigenvalue weighted by molar-refractivity contribution is 7.12. The number of thiophene rings is 1. The number of rotatable bonds is 3. The molecular weight excluding hydrogens is 240 g/mol. The van der Waals surface area contributed by atoms with Gasteiger partial charge in [0.05, 0.1) is 0 Å². The average molecular weight is 260 g/mol. The Balaban J connectivity index is 2.21. The van der Waals surface area contributed by atoms with Gasteiger partial charge in [-0.25, -0.2) is 0 Å². The van der Waals surface area contributed by atoms with E-state index in [1.54, 1.807) is 0 Å². The highest BCUT2D eigenvalue weighted by Crippen LogP contribution is 2.29. The summed E-state index contributed by atoms with van der Waals surface area (Å²) < 4.78 is 0. The Hall–Kier alpha value is -1.48. The van der Waals surface area contributed by atoms with Crippen LogP contribution in [0.3, 0.4) is 0 Å². The summed E-state index contributed by atoms with van der Waals surface area (Å²) in [7, 11) is 0. The zero-order valence-electron chi connectivity index (χ0n) is 11.4. The molecule has 2 nitrogen and oxygen atoms in total. The lowest BCUT2D eigenvalue weighted by Gasteiger charge is -2.17. The summed E-state index contributed by atoms with van der Waals surface area (Å²) in [4.78, 5) is 2.76. The molecule has 0 aliphatic rings. The first-order chi connectivity index (χ1) is 8.47. The van der Waals surface area contributed by atoms with Gasteiger partial charge in [0, 0.05) is 27.2 Å². The molecule has 1 aromatic heterocycles. The summed E-state index contributed by atoms with van der Waals surface area (Å²) in [5, 5.41) is 3.56. The molecule has 2 rings (SSSR count). The first-order valence-electron chi connectivity index (χ1n) is 6.17. The summed E-state index contributed by atoms with van der Waals surface area (Å²) in [6, 6.07) is 8.58. The van der Waals surface area contributed by atoms with Crippen molar-refractivity contribution in [3.8, 4) is 0 Å². The van der Waals surface area contributed by atoms with Crippen molar-refractivity contribution >= 4 is 22.7 Å². The average Bonchev–Trinajstić information content (AvgIpc) is 2.62. The Morgan fingerprint density at radius 1 is 1.17 bits per heavy atom. The third kappa shape index (κ3) is 2.67. The molecule has 0 aliphatic carbocycles. The van der Waals surface area contributed by atoms with E-state index in [4.69, 9.17) is 5.73 Å². The predicted molar refractivity (Wildman–Crippen MR) is 81.4 cm³/mol. The third-order valence-corrected chi connectivity index (χ3v) is 4.15. The van der Waals surface area contributed by atoms with Gasteiger partial charge in [-0.2, -0.15) is 0 Å². The van der Waals surface area contributed by atoms with Crippen molar-refractivity contribution in [2.45, 2.75) is 33.7 Å². The van der Waals surface area contributed by atoms with Crippen molar-refractivity contribution in [1.82, 2.24) is 0 Å². The van der Waals surface area contributed by atoms with Crippen LogP contribution in [0.4, 0.5) is 11.4 Å². The molecule has 0 radical (unpaired) electrons. The van der Waals surface area contributed by atoms with Crippen LogP contribution in [0.5, 0.6) is 0 Å². The van der Waals surface area contributed by atoms with Gasteiger partial charge >= 0.3 is 0 Å². The molecule has 1 atom stereocenters. The van der Waals surface area contributed by atoms with Gasteiger partial charge in [0.25, 0.3) is 0 Å². The van der Waals surface area contributed by atoms with Crippen LogP contribution in [-0.2, 0) is 0 Å². The number of aryl methyl sites for hydroxylation is 3. The van der Waals surface area contributed by atoms with Crippen LogP contribution in [0, 0.1) is 20.8 Å². The maximum absolute atomic E-state index is 5.77. The molecule has 3 heteroatoms. The molecule has 3 N–H and O–H groups in total. The largest absolute Gasteiger partial charge is 0.399 e. The molecule has 96 valence electrons. The first-order valence-corrected chi connectivity index (χ1v) is 6.98. The van der Waals surface area contributed by atoms with Gasteiger partial charge < -0.3 is 11.1 Å². The topological polar surface area (TPSA) is 38.0 Å². The maximum Gasteiger partial charge on any atom is 0.0496 e. The minimum Gasteiger partial charge on any atom is -0.399 e. The maximum atomic E-state index is 5.77. The van der Waals surface area contributed by atoms with E-state index in [-0.39, 0.29) is 0 Å². The van der Waals surface area contributed by atoms with Crippen LogP contribution in [-0.4, -0.2) is 0 Å². The summed E-state index contributed by atoms with van der Waals surface area (Å²) in [6.07, 6.45) is 0. The fourth-order valence-electron chi connectivity index (χ4n) is 2.24. The van der Waals surface area contributed by atoms with E-state index in [1.165, 1.54) is 20.9 Å². The van der Waals surface area contributed by atoms with E-state index in [1.807, 2.05) is 23.5 Å². The van der Waals surface area contributed by atoms with Crippen LogP contribution < -0.4 is 11.1 Å². The quantitative estimate of drug-likeness (QED) is 0.801. The van der Waals surface area contributed by atoms with Crippen molar-refractivity contribution in [2.75, 3.05) is 11.1 Å². The fourth-order valence-corrected chi connectivity index (χ4v) is 3.26. The molecule has 0 spiro atoms. The summed E-state index contributed by atoms with van der Waals surface area (Å²) >= 11 is 1.85. The van der Waals surface area contributed by atoms with E-state index in [0.717, 1.165) is 11.4 Å². The van der Waals surface area contributed by atoms with Crippen LogP contribution in [0.15, 0.2) is 24.3 Å². The summed E-state index contributed by atoms with van der Waals surface area (Å²) in [6.45, 7) is 8.62. The molecule has 0 aliphatic heterocycles. The zero-order chi connectivity index (χ0) is 13.3. The lowest BCUT2D eigenvalue weighted by atomic mass is 10.1. The van der Waals surface area contributed by atoms with Crippen LogP contribution in [0.25, 0.3) is 0 Å². The minimum absolute atomic E-state index is 0.317. The highest BCUT2D eigenvalue weighted by atomic mass is 32.1. The van der Waals surface area contributed by atoms with Crippen molar-refractivity contribution in [2.24, 2.45) is 0 Å². The monoisotopic (exact) mass is 260 g/mol. The third-order valence-electron chi connectivity index (χ3n) is 3.17. The fraction of sp³-hybridized carbons (Fsp3) is 0.333. The van der Waals surface area contributed by atoms with Gasteiger partial charge in [-0.3, -0.25) is 0 Å². The first kappa shape index (κ1) is 13.0. The van der Waals surface area contributed by atoms with Gasteiger partial charge in [0.2, 0.25) is 0 Å². The molecule has 0 saturated heterocycles. The standard InChI is InChI=1S/C15H20N2S/c1-9-7-13(16)5-6-15(9)17-11(3)14-8-10(2)18-12(14)4/h5-8,11,17H,16H2,1-4H3. The molecule has 0 amide bonds. The second-order valence-corrected chi connectivity index (χ2v) is 6.27. The minimum atomic E-state index is 0.317. The molecule has 18 heavy (non-hydrogen) atoms. The molecule has 1 aromatic carbocycles. The van der Waals surface area contributed by atoms with Gasteiger partial charge in [-0.1, -0.05) is 0 Å². The number of hydrogen-bond acceptors (Lipinski definition) is 3. The van der Waals surface area contributed by atoms with Crippen molar-refractivity contribution in [3.05, 3.63) is 45.1 Å². The molecule has 0 fully saturated rings. The molecule has 2 aromatic rings.